The van der Waals surface area contributed by atoms with Crippen LogP contribution in [0.15, 0.2) is 11.7 Å². The molecule has 0 nitrogen and oxygen atoms in total. The normalized spacial score (nSPS) is 27.4. The minimum absolute atomic E-state index is 0.121. The zero-order chi connectivity index (χ0) is 12.5. The van der Waals surface area contributed by atoms with E-state index < -0.39 is 6.08 Å². The molecule has 0 spiro atoms. The van der Waals surface area contributed by atoms with Gasteiger partial charge in [-0.15, -0.1) is 0 Å². The van der Waals surface area contributed by atoms with Crippen LogP contribution in [-0.4, -0.2) is 0 Å². The molecule has 1 aliphatic rings. The molecule has 2 heteroatoms. The number of hydrogen-bond donors (Lipinski definition) is 0. The van der Waals surface area contributed by atoms with Gasteiger partial charge in [0.1, 0.15) is 0 Å². The van der Waals surface area contributed by atoms with E-state index in [0.717, 1.165) is 6.42 Å². The molecule has 16 heavy (non-hydrogen) atoms. The lowest BCUT2D eigenvalue weighted by Crippen LogP contribution is -2.34. The molecule has 0 aromatic heterocycles. The lowest BCUT2D eigenvalue weighted by molar-refractivity contribution is 0.0938. The van der Waals surface area contributed by atoms with Crippen molar-refractivity contribution in [2.75, 3.05) is 0 Å². The van der Waals surface area contributed by atoms with Gasteiger partial charge < -0.3 is 0 Å². The van der Waals surface area contributed by atoms with Gasteiger partial charge in [0.15, 0.2) is 0 Å². The molecular formula is C14H24F2. The van der Waals surface area contributed by atoms with Crippen molar-refractivity contribution in [3.8, 4) is 0 Å². The molecule has 0 amide bonds. The first-order valence-electron chi connectivity index (χ1n) is 6.26. The summed E-state index contributed by atoms with van der Waals surface area (Å²) < 4.78 is 25.4. The van der Waals surface area contributed by atoms with Crippen molar-refractivity contribution in [2.24, 2.45) is 23.2 Å². The van der Waals surface area contributed by atoms with Crippen LogP contribution in [0.4, 0.5) is 8.78 Å². The van der Waals surface area contributed by atoms with E-state index in [2.05, 4.69) is 34.6 Å². The molecule has 1 saturated carbocycles. The average Bonchev–Trinajstić information content (AvgIpc) is 2.15. The van der Waals surface area contributed by atoms with Gasteiger partial charge in [-0.2, -0.15) is 8.78 Å². The second kappa shape index (κ2) is 4.85. The van der Waals surface area contributed by atoms with Crippen LogP contribution in [0.3, 0.4) is 0 Å². The Labute approximate surface area is 98.1 Å². The maximum Gasteiger partial charge on any atom is 0.269 e. The van der Waals surface area contributed by atoms with Crippen LogP contribution < -0.4 is 0 Å². The van der Waals surface area contributed by atoms with Crippen LogP contribution in [-0.2, 0) is 0 Å². The van der Waals surface area contributed by atoms with Gasteiger partial charge in [-0.05, 0) is 48.0 Å². The van der Waals surface area contributed by atoms with E-state index in [1.807, 2.05) is 0 Å². The third kappa shape index (κ3) is 3.05. The molecule has 1 aliphatic carbocycles. The molecule has 0 heterocycles. The molecule has 0 radical (unpaired) electrons. The smallest absolute Gasteiger partial charge is 0.173 e. The van der Waals surface area contributed by atoms with Crippen molar-refractivity contribution in [3.63, 3.8) is 0 Å². The maximum absolute atomic E-state index is 12.7. The van der Waals surface area contributed by atoms with Crippen molar-refractivity contribution in [2.45, 2.75) is 53.9 Å². The molecule has 2 atom stereocenters. The van der Waals surface area contributed by atoms with Crippen LogP contribution in [0.2, 0.25) is 0 Å². The molecule has 0 bridgehead atoms. The van der Waals surface area contributed by atoms with Crippen molar-refractivity contribution in [3.05, 3.63) is 11.7 Å². The van der Waals surface area contributed by atoms with Gasteiger partial charge in [-0.25, -0.2) is 0 Å². The summed E-state index contributed by atoms with van der Waals surface area (Å²) in [6.07, 6.45) is 0.676. The predicted molar refractivity (Wildman–Crippen MR) is 64.4 cm³/mol. The zero-order valence-electron chi connectivity index (χ0n) is 11.1. The summed E-state index contributed by atoms with van der Waals surface area (Å²) >= 11 is 0. The van der Waals surface area contributed by atoms with E-state index in [9.17, 15) is 8.78 Å². The third-order valence-electron chi connectivity index (χ3n) is 4.00. The molecule has 0 aliphatic heterocycles. The largest absolute Gasteiger partial charge is 0.269 e. The number of allylic oxidation sites excluding steroid dienone is 1. The molecule has 0 aromatic rings. The Hall–Kier alpha value is -0.400. The molecule has 0 saturated heterocycles. The molecule has 1 rings (SSSR count). The van der Waals surface area contributed by atoms with E-state index in [1.54, 1.807) is 0 Å². The summed E-state index contributed by atoms with van der Waals surface area (Å²) in [7, 11) is 0. The quantitative estimate of drug-likeness (QED) is 0.576. The Balaban J connectivity index is 2.91. The second-order valence-electron chi connectivity index (χ2n) is 6.49. The number of halogens is 2. The van der Waals surface area contributed by atoms with E-state index in [4.69, 9.17) is 0 Å². The molecular weight excluding hydrogens is 206 g/mol. The predicted octanol–water partition coefficient (Wildman–Crippen LogP) is 5.26. The van der Waals surface area contributed by atoms with Gasteiger partial charge in [0.05, 0.1) is 0 Å². The summed E-state index contributed by atoms with van der Waals surface area (Å²) in [4.78, 5) is 0. The second-order valence-corrected chi connectivity index (χ2v) is 6.49. The first kappa shape index (κ1) is 13.7. The SMILES string of the molecule is CC(C)C1CCC(=C(F)F)CC1C(C)(C)C. The highest BCUT2D eigenvalue weighted by Gasteiger charge is 2.38. The van der Waals surface area contributed by atoms with Crippen LogP contribution >= 0.6 is 0 Å². The number of rotatable bonds is 1. The Morgan fingerprint density at radius 2 is 1.81 bits per heavy atom. The molecule has 1 fully saturated rings. The monoisotopic (exact) mass is 230 g/mol. The van der Waals surface area contributed by atoms with Gasteiger partial charge in [0, 0.05) is 0 Å². The van der Waals surface area contributed by atoms with E-state index >= 15 is 0 Å². The summed E-state index contributed by atoms with van der Waals surface area (Å²) in [5.41, 5.74) is 0.521. The highest BCUT2D eigenvalue weighted by molar-refractivity contribution is 5.09. The van der Waals surface area contributed by atoms with Crippen LogP contribution in [0, 0.1) is 23.2 Å². The lowest BCUT2D eigenvalue weighted by atomic mass is 9.62. The lowest BCUT2D eigenvalue weighted by Gasteiger charge is -2.43. The standard InChI is InChI=1S/C14H24F2/c1-9(2)11-7-6-10(13(15)16)8-12(11)14(3,4)5/h9,11-12H,6-8H2,1-5H3. The zero-order valence-corrected chi connectivity index (χ0v) is 11.1. The molecule has 0 aromatic carbocycles. The third-order valence-corrected chi connectivity index (χ3v) is 4.00. The highest BCUT2D eigenvalue weighted by atomic mass is 19.3. The minimum Gasteiger partial charge on any atom is -0.173 e. The Kier molecular flexibility index (Phi) is 4.14. The van der Waals surface area contributed by atoms with Gasteiger partial charge in [0.2, 0.25) is 0 Å². The fourth-order valence-corrected chi connectivity index (χ4v) is 2.98. The molecule has 0 N–H and O–H groups in total. The van der Waals surface area contributed by atoms with Crippen molar-refractivity contribution in [1.29, 1.82) is 0 Å². The Bertz CT molecular complexity index is 267. The topological polar surface area (TPSA) is 0 Å². The van der Waals surface area contributed by atoms with Crippen LogP contribution in [0.1, 0.15) is 53.9 Å². The molecule has 94 valence electrons. The van der Waals surface area contributed by atoms with Gasteiger partial charge >= 0.3 is 0 Å². The summed E-state index contributed by atoms with van der Waals surface area (Å²) in [6.45, 7) is 10.9. The van der Waals surface area contributed by atoms with Crippen LogP contribution in [0.5, 0.6) is 0 Å². The van der Waals surface area contributed by atoms with E-state index in [0.29, 0.717) is 36.2 Å². The van der Waals surface area contributed by atoms with Crippen molar-refractivity contribution < 1.29 is 8.78 Å². The van der Waals surface area contributed by atoms with E-state index in [-0.39, 0.29) is 5.41 Å². The van der Waals surface area contributed by atoms with Gasteiger partial charge in [0.25, 0.3) is 6.08 Å². The van der Waals surface area contributed by atoms with E-state index in [1.165, 1.54) is 0 Å². The Morgan fingerprint density at radius 3 is 2.19 bits per heavy atom. The first-order valence-corrected chi connectivity index (χ1v) is 6.26. The van der Waals surface area contributed by atoms with Crippen LogP contribution in [0.25, 0.3) is 0 Å². The maximum atomic E-state index is 12.7. The van der Waals surface area contributed by atoms with Crippen molar-refractivity contribution in [1.82, 2.24) is 0 Å². The fraction of sp³-hybridized carbons (Fsp3) is 0.857. The van der Waals surface area contributed by atoms with Crippen molar-refractivity contribution >= 4 is 0 Å². The van der Waals surface area contributed by atoms with Gasteiger partial charge in [-0.3, -0.25) is 0 Å². The van der Waals surface area contributed by atoms with Gasteiger partial charge in [-0.1, -0.05) is 34.6 Å². The molecule has 2 unspecified atom stereocenters. The fourth-order valence-electron chi connectivity index (χ4n) is 2.98. The first-order chi connectivity index (χ1) is 7.23. The Morgan fingerprint density at radius 1 is 1.25 bits per heavy atom. The average molecular weight is 230 g/mol. The highest BCUT2D eigenvalue weighted by Crippen LogP contribution is 2.47. The summed E-state index contributed by atoms with van der Waals surface area (Å²) in [5.74, 6) is 1.56. The number of hydrogen-bond acceptors (Lipinski definition) is 0. The minimum atomic E-state index is -1.43. The summed E-state index contributed by atoms with van der Waals surface area (Å²) in [6, 6.07) is 0. The summed E-state index contributed by atoms with van der Waals surface area (Å²) in [5, 5.41) is 0.